The number of rotatable bonds is 4. The van der Waals surface area contributed by atoms with Crippen molar-refractivity contribution in [3.05, 3.63) is 84.5 Å². The molecule has 0 radical (unpaired) electrons. The second kappa shape index (κ2) is 6.57. The highest BCUT2D eigenvalue weighted by atomic mass is 16.3. The van der Waals surface area contributed by atoms with Crippen molar-refractivity contribution in [1.82, 2.24) is 15.3 Å². The molecule has 0 fully saturated rings. The predicted molar refractivity (Wildman–Crippen MR) is 94.9 cm³/mol. The van der Waals surface area contributed by atoms with Gasteiger partial charge >= 0.3 is 0 Å². The minimum atomic E-state index is -0.201. The maximum atomic E-state index is 12.5. The highest BCUT2D eigenvalue weighted by Crippen LogP contribution is 2.19. The van der Waals surface area contributed by atoms with Gasteiger partial charge in [-0.1, -0.05) is 24.3 Å². The van der Waals surface area contributed by atoms with Crippen LogP contribution in [0.3, 0.4) is 0 Å². The number of hydrogen-bond donors (Lipinski definition) is 1. The SMILES string of the molecule is O=C(NCc1ccnc(-c2ccco2)c1)c1nccc2ccccc12. The molecular formula is C20H15N3O2. The number of hydrogen-bond acceptors (Lipinski definition) is 4. The molecule has 4 rings (SSSR count). The van der Waals surface area contributed by atoms with Gasteiger partial charge in [-0.05, 0) is 41.3 Å². The second-order valence-corrected chi connectivity index (χ2v) is 5.59. The molecule has 122 valence electrons. The van der Waals surface area contributed by atoms with Gasteiger partial charge in [0.15, 0.2) is 5.76 Å². The van der Waals surface area contributed by atoms with Crippen molar-refractivity contribution in [2.24, 2.45) is 0 Å². The molecule has 3 aromatic heterocycles. The van der Waals surface area contributed by atoms with Crippen molar-refractivity contribution in [2.75, 3.05) is 0 Å². The Morgan fingerprint density at radius 3 is 2.76 bits per heavy atom. The maximum absolute atomic E-state index is 12.5. The van der Waals surface area contributed by atoms with Crippen molar-refractivity contribution < 1.29 is 9.21 Å². The van der Waals surface area contributed by atoms with Gasteiger partial charge in [0.25, 0.3) is 5.91 Å². The zero-order valence-corrected chi connectivity index (χ0v) is 13.3. The molecule has 0 unspecified atom stereocenters. The molecule has 1 amide bonds. The summed E-state index contributed by atoms with van der Waals surface area (Å²) in [6.07, 6.45) is 4.96. The number of carbonyl (C=O) groups excluding carboxylic acids is 1. The minimum absolute atomic E-state index is 0.201. The van der Waals surface area contributed by atoms with Crippen LogP contribution < -0.4 is 5.32 Å². The van der Waals surface area contributed by atoms with Gasteiger partial charge in [-0.25, -0.2) is 0 Å². The Labute approximate surface area is 144 Å². The van der Waals surface area contributed by atoms with Crippen molar-refractivity contribution in [2.45, 2.75) is 6.54 Å². The van der Waals surface area contributed by atoms with Gasteiger partial charge in [-0.2, -0.15) is 0 Å². The molecule has 0 atom stereocenters. The van der Waals surface area contributed by atoms with Crippen LogP contribution in [0.15, 0.2) is 77.7 Å². The molecule has 0 aliphatic heterocycles. The average molecular weight is 329 g/mol. The average Bonchev–Trinajstić information content (AvgIpc) is 3.21. The van der Waals surface area contributed by atoms with E-state index in [-0.39, 0.29) is 5.91 Å². The van der Waals surface area contributed by atoms with Gasteiger partial charge in [-0.3, -0.25) is 14.8 Å². The summed E-state index contributed by atoms with van der Waals surface area (Å²) in [7, 11) is 0. The Kier molecular flexibility index (Phi) is 3.96. The lowest BCUT2D eigenvalue weighted by Gasteiger charge is -2.08. The van der Waals surface area contributed by atoms with Gasteiger partial charge in [0.05, 0.1) is 6.26 Å². The first-order valence-electron chi connectivity index (χ1n) is 7.92. The van der Waals surface area contributed by atoms with Crippen LogP contribution in [0.25, 0.3) is 22.2 Å². The number of benzene rings is 1. The first kappa shape index (κ1) is 15.1. The Morgan fingerprint density at radius 2 is 1.88 bits per heavy atom. The van der Waals surface area contributed by atoms with Crippen LogP contribution in [-0.2, 0) is 6.54 Å². The highest BCUT2D eigenvalue weighted by molar-refractivity contribution is 6.05. The number of carbonyl (C=O) groups is 1. The van der Waals surface area contributed by atoms with E-state index in [0.29, 0.717) is 18.0 Å². The van der Waals surface area contributed by atoms with E-state index in [2.05, 4.69) is 15.3 Å². The number of aromatic nitrogens is 2. The lowest BCUT2D eigenvalue weighted by Crippen LogP contribution is -2.24. The van der Waals surface area contributed by atoms with E-state index < -0.39 is 0 Å². The van der Waals surface area contributed by atoms with Crippen LogP contribution in [0.2, 0.25) is 0 Å². The van der Waals surface area contributed by atoms with Gasteiger partial charge in [0, 0.05) is 24.3 Å². The summed E-state index contributed by atoms with van der Waals surface area (Å²) in [4.78, 5) is 21.1. The zero-order valence-electron chi connectivity index (χ0n) is 13.3. The lowest BCUT2D eigenvalue weighted by molar-refractivity contribution is 0.0948. The summed E-state index contributed by atoms with van der Waals surface area (Å²) in [5.41, 5.74) is 2.11. The van der Waals surface area contributed by atoms with Crippen LogP contribution in [0, 0.1) is 0 Å². The van der Waals surface area contributed by atoms with Gasteiger partial charge in [-0.15, -0.1) is 0 Å². The standard InChI is InChI=1S/C20H15N3O2/c24-20(19-16-5-2-1-4-15(16)8-10-22-19)23-13-14-7-9-21-17(12-14)18-6-3-11-25-18/h1-12H,13H2,(H,23,24). The Hall–Kier alpha value is -3.47. The van der Waals surface area contributed by atoms with E-state index in [1.807, 2.05) is 54.6 Å². The minimum Gasteiger partial charge on any atom is -0.463 e. The fourth-order valence-electron chi connectivity index (χ4n) is 2.71. The number of pyridine rings is 2. The fraction of sp³-hybridized carbons (Fsp3) is 0.0500. The van der Waals surface area contributed by atoms with E-state index in [4.69, 9.17) is 4.42 Å². The highest BCUT2D eigenvalue weighted by Gasteiger charge is 2.11. The second-order valence-electron chi connectivity index (χ2n) is 5.59. The number of nitrogens with zero attached hydrogens (tertiary/aromatic N) is 2. The Morgan fingerprint density at radius 1 is 1.00 bits per heavy atom. The van der Waals surface area contributed by atoms with E-state index in [1.54, 1.807) is 18.7 Å². The van der Waals surface area contributed by atoms with Crippen LogP contribution in [-0.4, -0.2) is 15.9 Å². The summed E-state index contributed by atoms with van der Waals surface area (Å²) in [5, 5.41) is 4.75. The van der Waals surface area contributed by atoms with Crippen LogP contribution in [0.1, 0.15) is 16.1 Å². The summed E-state index contributed by atoms with van der Waals surface area (Å²) in [6.45, 7) is 0.389. The molecule has 0 spiro atoms. The number of amides is 1. The Balaban J connectivity index is 1.53. The molecular weight excluding hydrogens is 314 g/mol. The molecule has 5 nitrogen and oxygen atoms in total. The molecule has 5 heteroatoms. The van der Waals surface area contributed by atoms with Crippen molar-refractivity contribution in [3.63, 3.8) is 0 Å². The zero-order chi connectivity index (χ0) is 17.1. The summed E-state index contributed by atoms with van der Waals surface area (Å²) >= 11 is 0. The molecule has 0 saturated carbocycles. The third-order valence-corrected chi connectivity index (χ3v) is 3.94. The van der Waals surface area contributed by atoms with Gasteiger partial charge in [0.1, 0.15) is 11.4 Å². The van der Waals surface area contributed by atoms with Gasteiger partial charge in [0.2, 0.25) is 0 Å². The summed E-state index contributed by atoms with van der Waals surface area (Å²) < 4.78 is 5.36. The molecule has 25 heavy (non-hydrogen) atoms. The molecule has 0 aliphatic rings. The maximum Gasteiger partial charge on any atom is 0.270 e. The Bertz CT molecular complexity index is 1020. The van der Waals surface area contributed by atoms with E-state index in [1.165, 1.54) is 0 Å². The predicted octanol–water partition coefficient (Wildman–Crippen LogP) is 3.82. The summed E-state index contributed by atoms with van der Waals surface area (Å²) in [5.74, 6) is 0.497. The molecule has 1 aromatic carbocycles. The molecule has 0 saturated heterocycles. The van der Waals surface area contributed by atoms with Crippen molar-refractivity contribution in [3.8, 4) is 11.5 Å². The molecule has 0 bridgehead atoms. The first-order valence-corrected chi connectivity index (χ1v) is 7.92. The molecule has 3 heterocycles. The fourth-order valence-corrected chi connectivity index (χ4v) is 2.71. The largest absolute Gasteiger partial charge is 0.463 e. The van der Waals surface area contributed by atoms with Gasteiger partial charge < -0.3 is 9.73 Å². The van der Waals surface area contributed by atoms with Crippen LogP contribution in [0.4, 0.5) is 0 Å². The molecule has 0 aliphatic carbocycles. The third kappa shape index (κ3) is 3.12. The smallest absolute Gasteiger partial charge is 0.270 e. The summed E-state index contributed by atoms with van der Waals surface area (Å²) in [6, 6.07) is 17.0. The first-order chi connectivity index (χ1) is 12.3. The lowest BCUT2D eigenvalue weighted by atomic mass is 10.1. The topological polar surface area (TPSA) is 68.0 Å². The monoisotopic (exact) mass is 329 g/mol. The quantitative estimate of drug-likeness (QED) is 0.618. The third-order valence-electron chi connectivity index (χ3n) is 3.94. The molecule has 4 aromatic rings. The van der Waals surface area contributed by atoms with Crippen molar-refractivity contribution in [1.29, 1.82) is 0 Å². The van der Waals surface area contributed by atoms with E-state index >= 15 is 0 Å². The molecule has 1 N–H and O–H groups in total. The van der Waals surface area contributed by atoms with Crippen LogP contribution in [0.5, 0.6) is 0 Å². The van der Waals surface area contributed by atoms with E-state index in [9.17, 15) is 4.79 Å². The van der Waals surface area contributed by atoms with Crippen molar-refractivity contribution >= 4 is 16.7 Å². The normalized spacial score (nSPS) is 10.7. The number of fused-ring (bicyclic) bond motifs is 1. The van der Waals surface area contributed by atoms with E-state index in [0.717, 1.165) is 22.0 Å². The number of nitrogens with one attached hydrogen (secondary N) is 1. The number of furan rings is 1. The van der Waals surface area contributed by atoms with Crippen LogP contribution >= 0.6 is 0 Å².